The van der Waals surface area contributed by atoms with Gasteiger partial charge in [0, 0.05) is 37.1 Å². The minimum atomic E-state index is -0.423. The largest absolute Gasteiger partial charge is 0.365 e. The van der Waals surface area contributed by atoms with Gasteiger partial charge in [0.2, 0.25) is 0 Å². The summed E-state index contributed by atoms with van der Waals surface area (Å²) < 4.78 is 0. The standard InChI is InChI=1S/C16H18N4O/c1-10-7-14(15(17)21)16(19-11(10)2)20-8-13(9-20)12-3-5-18-6-4-12/h3-7,13H,8-9H2,1-2H3,(H2,17,21). The third-order valence-corrected chi connectivity index (χ3v) is 4.07. The Morgan fingerprint density at radius 1 is 1.29 bits per heavy atom. The number of nitrogens with zero attached hydrogens (tertiary/aromatic N) is 3. The number of aromatic nitrogens is 2. The predicted octanol–water partition coefficient (Wildman–Crippen LogP) is 1.80. The van der Waals surface area contributed by atoms with Crippen molar-refractivity contribution in [2.75, 3.05) is 18.0 Å². The van der Waals surface area contributed by atoms with Crippen LogP contribution in [0.25, 0.3) is 0 Å². The van der Waals surface area contributed by atoms with Crippen LogP contribution in [0.2, 0.25) is 0 Å². The van der Waals surface area contributed by atoms with Crippen LogP contribution in [0.5, 0.6) is 0 Å². The molecule has 2 aromatic heterocycles. The highest BCUT2D eigenvalue weighted by Crippen LogP contribution is 2.32. The lowest BCUT2D eigenvalue weighted by molar-refractivity contribution is 0.1000. The Morgan fingerprint density at radius 2 is 1.95 bits per heavy atom. The zero-order chi connectivity index (χ0) is 15.0. The van der Waals surface area contributed by atoms with Gasteiger partial charge in [0.1, 0.15) is 5.82 Å². The first-order valence-corrected chi connectivity index (χ1v) is 6.99. The molecule has 0 spiro atoms. The summed E-state index contributed by atoms with van der Waals surface area (Å²) in [5.74, 6) is 0.737. The molecular formula is C16H18N4O. The van der Waals surface area contributed by atoms with Gasteiger partial charge in [0.15, 0.2) is 0 Å². The molecule has 1 saturated heterocycles. The normalized spacial score (nSPS) is 14.9. The molecule has 0 bridgehead atoms. The molecule has 0 radical (unpaired) electrons. The van der Waals surface area contributed by atoms with Crippen molar-refractivity contribution < 1.29 is 4.79 Å². The molecule has 3 heterocycles. The van der Waals surface area contributed by atoms with Crippen molar-refractivity contribution in [1.82, 2.24) is 9.97 Å². The van der Waals surface area contributed by atoms with Gasteiger partial charge in [-0.1, -0.05) is 0 Å². The van der Waals surface area contributed by atoms with E-state index in [4.69, 9.17) is 5.73 Å². The molecular weight excluding hydrogens is 264 g/mol. The molecule has 3 rings (SSSR count). The fourth-order valence-electron chi connectivity index (χ4n) is 2.61. The first-order chi connectivity index (χ1) is 10.1. The molecule has 5 heteroatoms. The lowest BCUT2D eigenvalue weighted by Gasteiger charge is -2.41. The van der Waals surface area contributed by atoms with E-state index in [0.29, 0.717) is 17.3 Å². The second kappa shape index (κ2) is 5.16. The maximum Gasteiger partial charge on any atom is 0.252 e. The van der Waals surface area contributed by atoms with E-state index in [0.717, 1.165) is 24.3 Å². The molecule has 5 nitrogen and oxygen atoms in total. The highest BCUT2D eigenvalue weighted by Gasteiger charge is 2.31. The fraction of sp³-hybridized carbons (Fsp3) is 0.312. The highest BCUT2D eigenvalue weighted by molar-refractivity contribution is 5.98. The number of primary amides is 1. The summed E-state index contributed by atoms with van der Waals surface area (Å²) in [5.41, 5.74) is 9.17. The van der Waals surface area contributed by atoms with Crippen LogP contribution in [0.4, 0.5) is 5.82 Å². The number of amides is 1. The van der Waals surface area contributed by atoms with E-state index in [1.807, 2.05) is 32.0 Å². The van der Waals surface area contributed by atoms with Gasteiger partial charge in [-0.2, -0.15) is 0 Å². The van der Waals surface area contributed by atoms with Crippen molar-refractivity contribution in [3.8, 4) is 0 Å². The number of carbonyl (C=O) groups excluding carboxylic acids is 1. The van der Waals surface area contributed by atoms with Crippen LogP contribution in [0.3, 0.4) is 0 Å². The summed E-state index contributed by atoms with van der Waals surface area (Å²) in [6, 6.07) is 5.90. The van der Waals surface area contributed by atoms with Crippen LogP contribution in [-0.2, 0) is 0 Å². The van der Waals surface area contributed by atoms with Crippen LogP contribution < -0.4 is 10.6 Å². The molecule has 2 aromatic rings. The first kappa shape index (κ1) is 13.5. The van der Waals surface area contributed by atoms with Crippen LogP contribution in [0.1, 0.15) is 33.1 Å². The molecule has 0 aliphatic carbocycles. The Morgan fingerprint density at radius 3 is 2.57 bits per heavy atom. The minimum absolute atomic E-state index is 0.423. The number of anilines is 1. The van der Waals surface area contributed by atoms with E-state index in [1.54, 1.807) is 12.4 Å². The van der Waals surface area contributed by atoms with Gasteiger partial charge in [-0.05, 0) is 43.2 Å². The Hall–Kier alpha value is -2.43. The molecule has 0 saturated carbocycles. The van der Waals surface area contributed by atoms with Crippen LogP contribution in [0, 0.1) is 13.8 Å². The summed E-state index contributed by atoms with van der Waals surface area (Å²) in [6.07, 6.45) is 3.61. The molecule has 2 N–H and O–H groups in total. The maximum absolute atomic E-state index is 11.6. The lowest BCUT2D eigenvalue weighted by atomic mass is 9.91. The third-order valence-electron chi connectivity index (χ3n) is 4.07. The monoisotopic (exact) mass is 282 g/mol. The van der Waals surface area contributed by atoms with Crippen molar-refractivity contribution in [1.29, 1.82) is 0 Å². The smallest absolute Gasteiger partial charge is 0.252 e. The maximum atomic E-state index is 11.6. The topological polar surface area (TPSA) is 72.1 Å². The molecule has 1 amide bonds. The number of hydrogen-bond acceptors (Lipinski definition) is 4. The summed E-state index contributed by atoms with van der Waals surface area (Å²) >= 11 is 0. The summed E-state index contributed by atoms with van der Waals surface area (Å²) in [4.78, 5) is 22.3. The molecule has 1 fully saturated rings. The van der Waals surface area contributed by atoms with E-state index >= 15 is 0 Å². The average Bonchev–Trinajstić information content (AvgIpc) is 2.41. The Kier molecular flexibility index (Phi) is 3.33. The number of aryl methyl sites for hydroxylation is 2. The van der Waals surface area contributed by atoms with Gasteiger partial charge in [-0.25, -0.2) is 4.98 Å². The van der Waals surface area contributed by atoms with Crippen LogP contribution in [0.15, 0.2) is 30.6 Å². The van der Waals surface area contributed by atoms with Gasteiger partial charge in [0.05, 0.1) is 5.56 Å². The molecule has 0 atom stereocenters. The molecule has 1 aliphatic heterocycles. The molecule has 21 heavy (non-hydrogen) atoms. The van der Waals surface area contributed by atoms with E-state index in [2.05, 4.69) is 14.9 Å². The summed E-state index contributed by atoms with van der Waals surface area (Å²) in [7, 11) is 0. The molecule has 108 valence electrons. The molecule has 0 aromatic carbocycles. The second-order valence-corrected chi connectivity index (χ2v) is 5.51. The van der Waals surface area contributed by atoms with Gasteiger partial charge < -0.3 is 10.6 Å². The zero-order valence-corrected chi connectivity index (χ0v) is 12.2. The van der Waals surface area contributed by atoms with Gasteiger partial charge >= 0.3 is 0 Å². The second-order valence-electron chi connectivity index (χ2n) is 5.51. The van der Waals surface area contributed by atoms with Crippen molar-refractivity contribution in [2.45, 2.75) is 19.8 Å². The number of hydrogen-bond donors (Lipinski definition) is 1. The number of rotatable bonds is 3. The Balaban J connectivity index is 1.84. The van der Waals surface area contributed by atoms with E-state index < -0.39 is 5.91 Å². The lowest BCUT2D eigenvalue weighted by Crippen LogP contribution is -2.46. The fourth-order valence-corrected chi connectivity index (χ4v) is 2.61. The van der Waals surface area contributed by atoms with Gasteiger partial charge in [-0.15, -0.1) is 0 Å². The summed E-state index contributed by atoms with van der Waals surface area (Å²) in [5, 5.41) is 0. The third kappa shape index (κ3) is 2.46. The van der Waals surface area contributed by atoms with Crippen molar-refractivity contribution in [3.05, 3.63) is 53.0 Å². The Bertz CT molecular complexity index is 678. The Labute approximate surface area is 123 Å². The van der Waals surface area contributed by atoms with E-state index in [-0.39, 0.29) is 0 Å². The van der Waals surface area contributed by atoms with Crippen LogP contribution >= 0.6 is 0 Å². The minimum Gasteiger partial charge on any atom is -0.365 e. The van der Waals surface area contributed by atoms with Crippen molar-refractivity contribution >= 4 is 11.7 Å². The summed E-state index contributed by atoms with van der Waals surface area (Å²) in [6.45, 7) is 5.58. The first-order valence-electron chi connectivity index (χ1n) is 6.99. The quantitative estimate of drug-likeness (QED) is 0.931. The molecule has 1 aliphatic rings. The van der Waals surface area contributed by atoms with Crippen LogP contribution in [-0.4, -0.2) is 29.0 Å². The van der Waals surface area contributed by atoms with Crippen molar-refractivity contribution in [2.24, 2.45) is 5.73 Å². The average molecular weight is 282 g/mol. The van der Waals surface area contributed by atoms with E-state index in [1.165, 1.54) is 5.56 Å². The van der Waals surface area contributed by atoms with Crippen molar-refractivity contribution in [3.63, 3.8) is 0 Å². The van der Waals surface area contributed by atoms with Gasteiger partial charge in [0.25, 0.3) is 5.91 Å². The SMILES string of the molecule is Cc1cc(C(N)=O)c(N2CC(c3ccncc3)C2)nc1C. The van der Waals surface area contributed by atoms with Gasteiger partial charge in [-0.3, -0.25) is 9.78 Å². The number of pyridine rings is 2. The highest BCUT2D eigenvalue weighted by atomic mass is 16.1. The van der Waals surface area contributed by atoms with E-state index in [9.17, 15) is 4.79 Å². The zero-order valence-electron chi connectivity index (χ0n) is 12.2. The number of carbonyl (C=O) groups is 1. The predicted molar refractivity (Wildman–Crippen MR) is 81.4 cm³/mol. The molecule has 0 unspecified atom stereocenters. The number of nitrogens with two attached hydrogens (primary N) is 1.